The van der Waals surface area contributed by atoms with E-state index in [2.05, 4.69) is 31.0 Å². The number of hydrogen-bond acceptors (Lipinski definition) is 1. The van der Waals surface area contributed by atoms with Crippen molar-refractivity contribution in [2.75, 3.05) is 0 Å². The highest BCUT2D eigenvalue weighted by atomic mass is 14.6. The Morgan fingerprint density at radius 2 is 2.07 bits per heavy atom. The van der Waals surface area contributed by atoms with Crippen molar-refractivity contribution in [3.05, 3.63) is 29.6 Å². The quantitative estimate of drug-likeness (QED) is 0.656. The lowest BCUT2D eigenvalue weighted by molar-refractivity contribution is 0.330. The van der Waals surface area contributed by atoms with Gasteiger partial charge in [-0.1, -0.05) is 26.2 Å². The van der Waals surface area contributed by atoms with E-state index < -0.39 is 0 Å². The fourth-order valence-corrected chi connectivity index (χ4v) is 2.61. The summed E-state index contributed by atoms with van der Waals surface area (Å²) in [6.45, 7) is 4.47. The number of hydrogen-bond donors (Lipinski definition) is 0. The molecule has 76 valence electrons. The Labute approximate surface area is 86.6 Å². The minimum Gasteiger partial charge on any atom is -0.262 e. The Bertz CT molecular complexity index is 306. The third-order valence-electron chi connectivity index (χ3n) is 3.46. The molecule has 1 aromatic rings. The molecule has 0 N–H and O–H groups in total. The van der Waals surface area contributed by atoms with Crippen LogP contribution >= 0.6 is 0 Å². The summed E-state index contributed by atoms with van der Waals surface area (Å²) in [7, 11) is 0. The highest BCUT2D eigenvalue weighted by Gasteiger charge is 2.22. The maximum absolute atomic E-state index is 4.26. The largest absolute Gasteiger partial charge is 0.262 e. The zero-order chi connectivity index (χ0) is 9.97. The molecule has 2 rings (SSSR count). The fourth-order valence-electron chi connectivity index (χ4n) is 2.61. The molecule has 0 amide bonds. The number of aryl methyl sites for hydroxylation is 1. The number of pyridine rings is 1. The van der Waals surface area contributed by atoms with E-state index in [4.69, 9.17) is 0 Å². The lowest BCUT2D eigenvalue weighted by Crippen LogP contribution is -2.14. The first-order chi connectivity index (χ1) is 6.77. The van der Waals surface area contributed by atoms with Gasteiger partial charge in [0, 0.05) is 11.9 Å². The van der Waals surface area contributed by atoms with Gasteiger partial charge in [-0.25, -0.2) is 0 Å². The molecular weight excluding hydrogens is 170 g/mol. The Kier molecular flexibility index (Phi) is 2.85. The van der Waals surface area contributed by atoms with E-state index in [-0.39, 0.29) is 0 Å². The van der Waals surface area contributed by atoms with Crippen LogP contribution in [0.3, 0.4) is 0 Å². The van der Waals surface area contributed by atoms with Gasteiger partial charge < -0.3 is 0 Å². The second-order valence-corrected chi connectivity index (χ2v) is 4.60. The molecule has 0 spiro atoms. The van der Waals surface area contributed by atoms with Gasteiger partial charge >= 0.3 is 0 Å². The van der Waals surface area contributed by atoms with Gasteiger partial charge in [-0.15, -0.1) is 0 Å². The summed E-state index contributed by atoms with van der Waals surface area (Å²) in [4.78, 5) is 4.26. The van der Waals surface area contributed by atoms with Crippen molar-refractivity contribution in [2.24, 2.45) is 5.92 Å². The summed E-state index contributed by atoms with van der Waals surface area (Å²) in [5, 5.41) is 0. The van der Waals surface area contributed by atoms with E-state index in [1.807, 2.05) is 6.20 Å². The summed E-state index contributed by atoms with van der Waals surface area (Å²) in [5.74, 6) is 1.64. The molecule has 1 fully saturated rings. The van der Waals surface area contributed by atoms with Gasteiger partial charge in [0.25, 0.3) is 0 Å². The summed E-state index contributed by atoms with van der Waals surface area (Å²) >= 11 is 0. The van der Waals surface area contributed by atoms with Gasteiger partial charge in [0.1, 0.15) is 0 Å². The van der Waals surface area contributed by atoms with Crippen LogP contribution in [0.15, 0.2) is 18.3 Å². The van der Waals surface area contributed by atoms with E-state index >= 15 is 0 Å². The molecule has 0 radical (unpaired) electrons. The average Bonchev–Trinajstić information content (AvgIpc) is 2.18. The van der Waals surface area contributed by atoms with E-state index in [1.54, 1.807) is 0 Å². The van der Waals surface area contributed by atoms with Gasteiger partial charge in [0.15, 0.2) is 0 Å². The van der Waals surface area contributed by atoms with Crippen molar-refractivity contribution in [1.29, 1.82) is 0 Å². The van der Waals surface area contributed by atoms with Gasteiger partial charge in [0.2, 0.25) is 0 Å². The number of aromatic nitrogens is 1. The van der Waals surface area contributed by atoms with Crippen LogP contribution in [-0.4, -0.2) is 4.98 Å². The first-order valence-electron chi connectivity index (χ1n) is 5.70. The molecule has 0 bridgehead atoms. The molecule has 1 aliphatic carbocycles. The molecule has 1 aromatic heterocycles. The normalized spacial score (nSPS) is 27.6. The summed E-state index contributed by atoms with van der Waals surface area (Å²) in [6.07, 6.45) is 7.53. The molecule has 1 nitrogen and oxygen atoms in total. The Balaban J connectivity index is 2.20. The first-order valence-corrected chi connectivity index (χ1v) is 5.70. The van der Waals surface area contributed by atoms with Crippen LogP contribution in [0.5, 0.6) is 0 Å². The number of rotatable bonds is 1. The second-order valence-electron chi connectivity index (χ2n) is 4.60. The molecule has 0 saturated heterocycles. The van der Waals surface area contributed by atoms with Crippen molar-refractivity contribution in [3.63, 3.8) is 0 Å². The van der Waals surface area contributed by atoms with E-state index in [0.717, 1.165) is 17.5 Å². The van der Waals surface area contributed by atoms with Crippen molar-refractivity contribution in [1.82, 2.24) is 4.98 Å². The maximum Gasteiger partial charge on any atom is 0.0375 e. The fraction of sp³-hybridized carbons (Fsp3) is 0.615. The second kappa shape index (κ2) is 4.12. The molecule has 0 aliphatic heterocycles. The van der Waals surface area contributed by atoms with Gasteiger partial charge in [-0.2, -0.15) is 0 Å². The third-order valence-corrected chi connectivity index (χ3v) is 3.46. The molecule has 0 aromatic carbocycles. The van der Waals surface area contributed by atoms with Crippen LogP contribution in [0.4, 0.5) is 0 Å². The molecule has 14 heavy (non-hydrogen) atoms. The van der Waals surface area contributed by atoms with Crippen LogP contribution in [0.2, 0.25) is 0 Å². The van der Waals surface area contributed by atoms with Gasteiger partial charge in [0.05, 0.1) is 0 Å². The molecular formula is C13H19N. The Morgan fingerprint density at radius 3 is 2.79 bits per heavy atom. The van der Waals surface area contributed by atoms with Crippen LogP contribution in [-0.2, 0) is 0 Å². The predicted molar refractivity (Wildman–Crippen MR) is 59.3 cm³/mol. The van der Waals surface area contributed by atoms with Crippen LogP contribution in [0.1, 0.15) is 49.8 Å². The third kappa shape index (κ3) is 1.97. The lowest BCUT2D eigenvalue weighted by atomic mass is 9.77. The molecule has 1 aliphatic rings. The summed E-state index contributed by atoms with van der Waals surface area (Å²) in [5.41, 5.74) is 2.66. The Morgan fingerprint density at radius 1 is 1.29 bits per heavy atom. The van der Waals surface area contributed by atoms with Gasteiger partial charge in [-0.3, -0.25) is 4.98 Å². The molecule has 2 unspecified atom stereocenters. The predicted octanol–water partition coefficient (Wildman–Crippen LogP) is 3.68. The maximum atomic E-state index is 4.26. The standard InChI is InChI=1S/C13H19N/c1-10-5-3-4-6-13(10)12-7-8-14-11(2)9-12/h7-10,13H,3-6H2,1-2H3. The Hall–Kier alpha value is -0.850. The minimum atomic E-state index is 0.783. The number of nitrogens with zero attached hydrogens (tertiary/aromatic N) is 1. The monoisotopic (exact) mass is 189 g/mol. The molecule has 1 saturated carbocycles. The van der Waals surface area contributed by atoms with E-state index in [0.29, 0.717) is 0 Å². The summed E-state index contributed by atoms with van der Waals surface area (Å²) < 4.78 is 0. The smallest absolute Gasteiger partial charge is 0.0375 e. The van der Waals surface area contributed by atoms with Crippen molar-refractivity contribution >= 4 is 0 Å². The molecule has 1 heterocycles. The van der Waals surface area contributed by atoms with Gasteiger partial charge in [-0.05, 0) is 42.9 Å². The SMILES string of the molecule is Cc1cc(C2CCCCC2C)ccn1. The minimum absolute atomic E-state index is 0.783. The topological polar surface area (TPSA) is 12.9 Å². The van der Waals surface area contributed by atoms with Crippen LogP contribution in [0.25, 0.3) is 0 Å². The summed E-state index contributed by atoms with van der Waals surface area (Å²) in [6, 6.07) is 4.45. The first kappa shape index (κ1) is 9.70. The lowest BCUT2D eigenvalue weighted by Gasteiger charge is -2.29. The van der Waals surface area contributed by atoms with Crippen LogP contribution in [0, 0.1) is 12.8 Å². The van der Waals surface area contributed by atoms with Crippen molar-refractivity contribution in [3.8, 4) is 0 Å². The van der Waals surface area contributed by atoms with Crippen molar-refractivity contribution in [2.45, 2.75) is 45.4 Å². The molecule has 2 atom stereocenters. The van der Waals surface area contributed by atoms with Crippen molar-refractivity contribution < 1.29 is 0 Å². The van der Waals surface area contributed by atoms with E-state index in [1.165, 1.54) is 31.2 Å². The van der Waals surface area contributed by atoms with E-state index in [9.17, 15) is 0 Å². The zero-order valence-corrected chi connectivity index (χ0v) is 9.16. The van der Waals surface area contributed by atoms with Crippen LogP contribution < -0.4 is 0 Å². The molecule has 1 heteroatoms. The average molecular weight is 189 g/mol. The highest BCUT2D eigenvalue weighted by molar-refractivity contribution is 5.21. The highest BCUT2D eigenvalue weighted by Crippen LogP contribution is 2.37. The zero-order valence-electron chi connectivity index (χ0n) is 9.16.